The van der Waals surface area contributed by atoms with Crippen LogP contribution >= 0.6 is 0 Å². The lowest BCUT2D eigenvalue weighted by Gasteiger charge is -2.03. The molecule has 0 amide bonds. The maximum atomic E-state index is 10.4. The summed E-state index contributed by atoms with van der Waals surface area (Å²) < 4.78 is 0. The average Bonchev–Trinajstić information content (AvgIpc) is 1.87. The molecule has 0 unspecified atom stereocenters. The molecule has 0 aromatic rings. The highest BCUT2D eigenvalue weighted by Crippen LogP contribution is 2.07. The van der Waals surface area contributed by atoms with Crippen molar-refractivity contribution >= 4 is 5.97 Å². The van der Waals surface area contributed by atoms with Gasteiger partial charge in [-0.15, -0.1) is 0 Å². The Hall–Kier alpha value is -0.790. The van der Waals surface area contributed by atoms with E-state index >= 15 is 0 Å². The molecule has 2 nitrogen and oxygen atoms in total. The van der Waals surface area contributed by atoms with Crippen molar-refractivity contribution in [2.45, 2.75) is 26.7 Å². The topological polar surface area (TPSA) is 37.3 Å². The van der Waals surface area contributed by atoms with Crippen molar-refractivity contribution in [3.05, 3.63) is 12.2 Å². The van der Waals surface area contributed by atoms with Gasteiger partial charge >= 0.3 is 5.97 Å². The minimum atomic E-state index is -0.722. The highest BCUT2D eigenvalue weighted by Gasteiger charge is 2.10. The van der Waals surface area contributed by atoms with E-state index in [1.807, 2.05) is 13.8 Å². The number of hydrogen-bond acceptors (Lipinski definition) is 1. The highest BCUT2D eigenvalue weighted by atomic mass is 16.4. The van der Waals surface area contributed by atoms with Gasteiger partial charge in [-0.3, -0.25) is 4.79 Å². The second kappa shape index (κ2) is 5.03. The molecule has 0 radical (unpaired) electrons. The minimum absolute atomic E-state index is 0.282. The number of hydrogen-bond donors (Lipinski definition) is 1. The number of rotatable bonds is 4. The van der Waals surface area contributed by atoms with Crippen LogP contribution in [-0.4, -0.2) is 11.1 Å². The number of carbonyl (C=O) groups is 1. The molecule has 0 fully saturated rings. The van der Waals surface area contributed by atoms with Crippen molar-refractivity contribution in [3.8, 4) is 0 Å². The molecule has 0 aliphatic heterocycles. The zero-order chi connectivity index (χ0) is 7.98. The van der Waals surface area contributed by atoms with Crippen molar-refractivity contribution in [2.75, 3.05) is 0 Å². The summed E-state index contributed by atoms with van der Waals surface area (Å²) in [5, 5.41) is 8.58. The van der Waals surface area contributed by atoms with Crippen LogP contribution in [0.25, 0.3) is 0 Å². The number of carboxylic acids is 1. The van der Waals surface area contributed by atoms with Gasteiger partial charge in [-0.1, -0.05) is 25.5 Å². The zero-order valence-corrected chi connectivity index (χ0v) is 6.50. The fraction of sp³-hybridized carbons (Fsp3) is 0.625. The number of allylic oxidation sites excluding steroid dienone is 1. The molecular formula is C8H14O2. The van der Waals surface area contributed by atoms with E-state index in [9.17, 15) is 4.79 Å². The first kappa shape index (κ1) is 9.21. The van der Waals surface area contributed by atoms with Crippen LogP contribution in [-0.2, 0) is 4.79 Å². The maximum Gasteiger partial charge on any atom is 0.310 e. The van der Waals surface area contributed by atoms with Crippen LogP contribution in [0.3, 0.4) is 0 Å². The monoisotopic (exact) mass is 142 g/mol. The molecule has 0 saturated heterocycles. The molecule has 1 N–H and O–H groups in total. The minimum Gasteiger partial charge on any atom is -0.481 e. The molecule has 0 spiro atoms. The maximum absolute atomic E-state index is 10.4. The van der Waals surface area contributed by atoms with Gasteiger partial charge in [-0.2, -0.15) is 0 Å². The van der Waals surface area contributed by atoms with E-state index in [1.165, 1.54) is 0 Å². The summed E-state index contributed by atoms with van der Waals surface area (Å²) in [5.41, 5.74) is 0. The predicted octanol–water partition coefficient (Wildman–Crippen LogP) is 2.06. The molecule has 0 aromatic heterocycles. The summed E-state index contributed by atoms with van der Waals surface area (Å²) in [6.07, 6.45) is 5.17. The first-order valence-electron chi connectivity index (χ1n) is 3.58. The Labute approximate surface area is 61.6 Å². The Bertz CT molecular complexity index is 127. The standard InChI is InChI=1S/C8H14O2/c1-3-5-7(6-4-2)8(9)10/h3,5,7H,4,6H2,1-2H3,(H,9,10)/b5-3-/t7-/m1/s1. The van der Waals surface area contributed by atoms with Crippen molar-refractivity contribution in [1.29, 1.82) is 0 Å². The van der Waals surface area contributed by atoms with Crippen molar-refractivity contribution in [3.63, 3.8) is 0 Å². The first-order valence-corrected chi connectivity index (χ1v) is 3.58. The largest absolute Gasteiger partial charge is 0.481 e. The summed E-state index contributed by atoms with van der Waals surface area (Å²) in [6.45, 7) is 3.82. The average molecular weight is 142 g/mol. The predicted molar refractivity (Wildman–Crippen MR) is 40.8 cm³/mol. The summed E-state index contributed by atoms with van der Waals surface area (Å²) in [4.78, 5) is 10.4. The van der Waals surface area contributed by atoms with Gasteiger partial charge in [-0.05, 0) is 13.3 Å². The summed E-state index contributed by atoms with van der Waals surface area (Å²) in [7, 11) is 0. The van der Waals surface area contributed by atoms with Gasteiger partial charge in [0.05, 0.1) is 5.92 Å². The number of aliphatic carboxylic acids is 1. The SMILES string of the molecule is C/C=C\[C@H](CCC)C(=O)O. The molecule has 0 heterocycles. The van der Waals surface area contributed by atoms with E-state index in [-0.39, 0.29) is 5.92 Å². The van der Waals surface area contributed by atoms with Crippen LogP contribution in [0.4, 0.5) is 0 Å². The first-order chi connectivity index (χ1) is 4.72. The number of carboxylic acid groups (broad SMARTS) is 1. The Morgan fingerprint density at radius 3 is 2.60 bits per heavy atom. The molecule has 1 atom stereocenters. The van der Waals surface area contributed by atoms with Crippen molar-refractivity contribution in [1.82, 2.24) is 0 Å². The fourth-order valence-electron chi connectivity index (χ4n) is 0.845. The van der Waals surface area contributed by atoms with Gasteiger partial charge < -0.3 is 5.11 Å². The Kier molecular flexibility index (Phi) is 4.63. The Morgan fingerprint density at radius 2 is 2.30 bits per heavy atom. The Balaban J connectivity index is 3.85. The lowest BCUT2D eigenvalue weighted by atomic mass is 10.0. The third kappa shape index (κ3) is 3.28. The lowest BCUT2D eigenvalue weighted by molar-refractivity contribution is -0.140. The lowest BCUT2D eigenvalue weighted by Crippen LogP contribution is -2.09. The van der Waals surface area contributed by atoms with Crippen molar-refractivity contribution in [2.24, 2.45) is 5.92 Å². The summed E-state index contributed by atoms with van der Waals surface area (Å²) in [6, 6.07) is 0. The van der Waals surface area contributed by atoms with Gasteiger partial charge in [0.15, 0.2) is 0 Å². The zero-order valence-electron chi connectivity index (χ0n) is 6.50. The van der Waals surface area contributed by atoms with Gasteiger partial charge in [0, 0.05) is 0 Å². The van der Waals surface area contributed by atoms with E-state index < -0.39 is 5.97 Å². The second-order valence-electron chi connectivity index (χ2n) is 2.26. The van der Waals surface area contributed by atoms with Crippen LogP contribution in [0.5, 0.6) is 0 Å². The molecule has 10 heavy (non-hydrogen) atoms. The summed E-state index contributed by atoms with van der Waals surface area (Å²) in [5.74, 6) is -1.00. The molecule has 0 saturated carbocycles. The molecular weight excluding hydrogens is 128 g/mol. The van der Waals surface area contributed by atoms with E-state index in [0.717, 1.165) is 12.8 Å². The fourth-order valence-corrected chi connectivity index (χ4v) is 0.845. The normalized spacial score (nSPS) is 13.8. The third-order valence-corrected chi connectivity index (χ3v) is 1.34. The molecule has 0 aromatic carbocycles. The third-order valence-electron chi connectivity index (χ3n) is 1.34. The molecule has 2 heteroatoms. The van der Waals surface area contributed by atoms with Crippen LogP contribution in [0, 0.1) is 5.92 Å². The van der Waals surface area contributed by atoms with Gasteiger partial charge in [0.2, 0.25) is 0 Å². The van der Waals surface area contributed by atoms with Gasteiger partial charge in [0.1, 0.15) is 0 Å². The van der Waals surface area contributed by atoms with Crippen LogP contribution in [0.1, 0.15) is 26.7 Å². The van der Waals surface area contributed by atoms with E-state index in [4.69, 9.17) is 5.11 Å². The molecule has 0 aliphatic carbocycles. The van der Waals surface area contributed by atoms with Crippen molar-refractivity contribution < 1.29 is 9.90 Å². The van der Waals surface area contributed by atoms with E-state index in [1.54, 1.807) is 12.2 Å². The van der Waals surface area contributed by atoms with Gasteiger partial charge in [0.25, 0.3) is 0 Å². The molecule has 0 aliphatic rings. The van der Waals surface area contributed by atoms with Crippen LogP contribution in [0.2, 0.25) is 0 Å². The molecule has 0 rings (SSSR count). The second-order valence-corrected chi connectivity index (χ2v) is 2.26. The van der Waals surface area contributed by atoms with Crippen LogP contribution in [0.15, 0.2) is 12.2 Å². The quantitative estimate of drug-likeness (QED) is 0.610. The van der Waals surface area contributed by atoms with Gasteiger partial charge in [-0.25, -0.2) is 0 Å². The summed E-state index contributed by atoms with van der Waals surface area (Å²) >= 11 is 0. The molecule has 0 bridgehead atoms. The highest BCUT2D eigenvalue weighted by molar-refractivity contribution is 5.71. The van der Waals surface area contributed by atoms with E-state index in [2.05, 4.69) is 0 Å². The Morgan fingerprint density at radius 1 is 1.70 bits per heavy atom. The van der Waals surface area contributed by atoms with E-state index in [0.29, 0.717) is 0 Å². The molecule has 58 valence electrons. The van der Waals surface area contributed by atoms with Crippen LogP contribution < -0.4 is 0 Å². The smallest absolute Gasteiger partial charge is 0.310 e.